The Morgan fingerprint density at radius 2 is 1.93 bits per heavy atom. The van der Waals surface area contributed by atoms with Gasteiger partial charge in [0, 0.05) is 43.8 Å². The molecule has 2 amide bonds. The van der Waals surface area contributed by atoms with Crippen molar-refractivity contribution in [1.82, 2.24) is 15.1 Å². The van der Waals surface area contributed by atoms with Gasteiger partial charge in [0.05, 0.1) is 25.4 Å². The van der Waals surface area contributed by atoms with Crippen LogP contribution in [0, 0.1) is 6.92 Å². The van der Waals surface area contributed by atoms with E-state index in [1.807, 2.05) is 19.9 Å². The van der Waals surface area contributed by atoms with Crippen LogP contribution < -0.4 is 15.4 Å². The van der Waals surface area contributed by atoms with Gasteiger partial charge in [-0.1, -0.05) is 24.9 Å². The minimum Gasteiger partial charge on any atom is -0.495 e. The first kappa shape index (κ1) is 23.4. The number of methoxy groups -OCH3 is 1. The van der Waals surface area contributed by atoms with Gasteiger partial charge in [0.15, 0.2) is 0 Å². The summed E-state index contributed by atoms with van der Waals surface area (Å²) in [6.07, 6.45) is 2.07. The van der Waals surface area contributed by atoms with Crippen LogP contribution in [-0.4, -0.2) is 74.0 Å². The van der Waals surface area contributed by atoms with Crippen LogP contribution in [0.4, 0.5) is 5.69 Å². The van der Waals surface area contributed by atoms with Crippen LogP contribution in [0.2, 0.25) is 5.02 Å². The van der Waals surface area contributed by atoms with Crippen LogP contribution >= 0.6 is 11.6 Å². The zero-order valence-electron chi connectivity index (χ0n) is 17.9. The second-order valence-corrected chi connectivity index (χ2v) is 7.89. The first-order valence-electron chi connectivity index (χ1n) is 10.2. The number of nitrogens with zero attached hydrogens (tertiary/aromatic N) is 2. The molecule has 0 saturated carbocycles. The number of carbonyl (C=O) groups is 2. The smallest absolute Gasteiger partial charge is 0.241 e. The number of unbranched alkanes of at least 4 members (excludes halogenated alkanes) is 1. The normalized spacial score (nSPS) is 16.3. The minimum atomic E-state index is -0.281. The maximum atomic E-state index is 12.8. The van der Waals surface area contributed by atoms with Gasteiger partial charge in [-0.05, 0) is 31.9 Å². The number of ether oxygens (including phenoxy) is 1. The summed E-state index contributed by atoms with van der Waals surface area (Å²) in [7, 11) is 1.55. The summed E-state index contributed by atoms with van der Waals surface area (Å²) in [5.74, 6) is 0.527. The number of halogens is 1. The van der Waals surface area contributed by atoms with E-state index in [2.05, 4.69) is 27.4 Å². The van der Waals surface area contributed by atoms with E-state index >= 15 is 0 Å². The summed E-state index contributed by atoms with van der Waals surface area (Å²) < 4.78 is 5.34. The third kappa shape index (κ3) is 6.87. The van der Waals surface area contributed by atoms with Crippen molar-refractivity contribution in [2.45, 2.75) is 39.7 Å². The Morgan fingerprint density at radius 3 is 2.55 bits per heavy atom. The highest BCUT2D eigenvalue weighted by Crippen LogP contribution is 2.31. The number of rotatable bonds is 9. The standard InChI is InChI=1S/C21H33ClN4O3/c1-5-6-7-23-20(27)14-25-8-10-26(11-9-25)16(3)21(28)24-18-12-15(2)17(22)13-19(18)29-4/h12-13,16H,5-11,14H2,1-4H3,(H,23,27)(H,24,28). The molecule has 0 bridgehead atoms. The van der Waals surface area contributed by atoms with Gasteiger partial charge in [-0.15, -0.1) is 0 Å². The molecular formula is C21H33ClN4O3. The summed E-state index contributed by atoms with van der Waals surface area (Å²) in [5.41, 5.74) is 1.50. The summed E-state index contributed by atoms with van der Waals surface area (Å²) in [6, 6.07) is 3.25. The van der Waals surface area contributed by atoms with Gasteiger partial charge in [0.25, 0.3) is 0 Å². The lowest BCUT2D eigenvalue weighted by Gasteiger charge is -2.37. The lowest BCUT2D eigenvalue weighted by atomic mass is 10.1. The highest BCUT2D eigenvalue weighted by atomic mass is 35.5. The predicted molar refractivity (Wildman–Crippen MR) is 117 cm³/mol. The number of carbonyl (C=O) groups excluding carboxylic acids is 2. The Hall–Kier alpha value is -1.83. The van der Waals surface area contributed by atoms with Crippen molar-refractivity contribution in [2.24, 2.45) is 0 Å². The largest absolute Gasteiger partial charge is 0.495 e. The first-order chi connectivity index (χ1) is 13.8. The fourth-order valence-corrected chi connectivity index (χ4v) is 3.46. The number of benzene rings is 1. The average Bonchev–Trinajstić information content (AvgIpc) is 2.70. The molecule has 1 heterocycles. The average molecular weight is 425 g/mol. The Bertz CT molecular complexity index is 705. The quantitative estimate of drug-likeness (QED) is 0.596. The molecule has 1 aliphatic heterocycles. The molecule has 2 rings (SSSR count). The topological polar surface area (TPSA) is 73.9 Å². The Labute approximate surface area is 178 Å². The summed E-state index contributed by atoms with van der Waals surface area (Å²) in [6.45, 7) is 10.1. The van der Waals surface area contributed by atoms with Crippen molar-refractivity contribution >= 4 is 29.1 Å². The van der Waals surface area contributed by atoms with Crippen LogP contribution in [0.5, 0.6) is 5.75 Å². The molecule has 1 atom stereocenters. The fourth-order valence-electron chi connectivity index (χ4n) is 3.31. The van der Waals surface area contributed by atoms with E-state index < -0.39 is 0 Å². The Kier molecular flexibility index (Phi) is 9.20. The number of piperazine rings is 1. The molecule has 0 aromatic heterocycles. The van der Waals surface area contributed by atoms with Crippen LogP contribution in [0.3, 0.4) is 0 Å². The zero-order chi connectivity index (χ0) is 21.4. The lowest BCUT2D eigenvalue weighted by molar-refractivity contribution is -0.124. The monoisotopic (exact) mass is 424 g/mol. The molecule has 1 aliphatic rings. The van der Waals surface area contributed by atoms with E-state index in [1.165, 1.54) is 0 Å². The predicted octanol–water partition coefficient (Wildman–Crippen LogP) is 2.52. The van der Waals surface area contributed by atoms with Gasteiger partial charge in [0.1, 0.15) is 5.75 Å². The lowest BCUT2D eigenvalue weighted by Crippen LogP contribution is -2.54. The number of hydrogen-bond acceptors (Lipinski definition) is 5. The molecule has 1 fully saturated rings. The van der Waals surface area contributed by atoms with E-state index in [4.69, 9.17) is 16.3 Å². The second-order valence-electron chi connectivity index (χ2n) is 7.48. The van der Waals surface area contributed by atoms with Crippen molar-refractivity contribution in [3.05, 3.63) is 22.7 Å². The van der Waals surface area contributed by atoms with Gasteiger partial charge < -0.3 is 15.4 Å². The van der Waals surface area contributed by atoms with Crippen LogP contribution in [0.1, 0.15) is 32.3 Å². The molecule has 0 radical (unpaired) electrons. The molecule has 0 aliphatic carbocycles. The Balaban J connectivity index is 1.84. The van der Waals surface area contributed by atoms with Crippen molar-refractivity contribution in [3.63, 3.8) is 0 Å². The van der Waals surface area contributed by atoms with E-state index in [1.54, 1.807) is 13.2 Å². The van der Waals surface area contributed by atoms with Crippen LogP contribution in [0.15, 0.2) is 12.1 Å². The van der Waals surface area contributed by atoms with Crippen LogP contribution in [0.25, 0.3) is 0 Å². The first-order valence-corrected chi connectivity index (χ1v) is 10.6. The molecule has 1 aromatic carbocycles. The van der Waals surface area contributed by atoms with Crippen molar-refractivity contribution < 1.29 is 14.3 Å². The molecule has 7 nitrogen and oxygen atoms in total. The molecule has 1 unspecified atom stereocenters. The number of amides is 2. The highest BCUT2D eigenvalue weighted by molar-refractivity contribution is 6.31. The van der Waals surface area contributed by atoms with Gasteiger partial charge in [-0.2, -0.15) is 0 Å². The molecule has 1 aromatic rings. The second kappa shape index (κ2) is 11.4. The maximum absolute atomic E-state index is 12.8. The molecular weight excluding hydrogens is 392 g/mol. The SMILES string of the molecule is CCCCNC(=O)CN1CCN(C(C)C(=O)Nc2cc(C)c(Cl)cc2OC)CC1. The number of aryl methyl sites for hydroxylation is 1. The molecule has 162 valence electrons. The summed E-state index contributed by atoms with van der Waals surface area (Å²) in [4.78, 5) is 29.0. The Morgan fingerprint density at radius 1 is 1.24 bits per heavy atom. The van der Waals surface area contributed by atoms with Crippen molar-refractivity contribution in [2.75, 3.05) is 51.7 Å². The highest BCUT2D eigenvalue weighted by Gasteiger charge is 2.27. The molecule has 8 heteroatoms. The molecule has 29 heavy (non-hydrogen) atoms. The molecule has 1 saturated heterocycles. The minimum absolute atomic E-state index is 0.0721. The third-order valence-corrected chi connectivity index (χ3v) is 5.70. The number of hydrogen-bond donors (Lipinski definition) is 2. The summed E-state index contributed by atoms with van der Waals surface area (Å²) in [5, 5.41) is 6.51. The zero-order valence-corrected chi connectivity index (χ0v) is 18.6. The van der Waals surface area contributed by atoms with Crippen molar-refractivity contribution in [1.29, 1.82) is 0 Å². The molecule has 0 spiro atoms. The third-order valence-electron chi connectivity index (χ3n) is 5.29. The van der Waals surface area contributed by atoms with E-state index in [0.29, 0.717) is 23.0 Å². The number of nitrogens with one attached hydrogen (secondary N) is 2. The van der Waals surface area contributed by atoms with Gasteiger partial charge in [-0.25, -0.2) is 0 Å². The van der Waals surface area contributed by atoms with Crippen molar-refractivity contribution in [3.8, 4) is 5.75 Å². The van der Waals surface area contributed by atoms with Crippen LogP contribution in [-0.2, 0) is 9.59 Å². The fraction of sp³-hybridized carbons (Fsp3) is 0.619. The van der Waals surface area contributed by atoms with Gasteiger partial charge >= 0.3 is 0 Å². The van der Waals surface area contributed by atoms with Gasteiger partial charge in [0.2, 0.25) is 11.8 Å². The van der Waals surface area contributed by atoms with E-state index in [9.17, 15) is 9.59 Å². The van der Waals surface area contributed by atoms with E-state index in [0.717, 1.165) is 51.1 Å². The number of anilines is 1. The summed E-state index contributed by atoms with van der Waals surface area (Å²) >= 11 is 6.14. The maximum Gasteiger partial charge on any atom is 0.241 e. The van der Waals surface area contributed by atoms with Gasteiger partial charge in [-0.3, -0.25) is 19.4 Å². The van der Waals surface area contributed by atoms with E-state index in [-0.39, 0.29) is 17.9 Å². The molecule has 2 N–H and O–H groups in total.